The minimum Gasteiger partial charge on any atom is -0.699 e. The van der Waals surface area contributed by atoms with Gasteiger partial charge in [0.15, 0.2) is 0 Å². The second-order valence-corrected chi connectivity index (χ2v) is 1.87. The molecule has 0 aliphatic carbocycles. The molecule has 0 aliphatic rings. The molecule has 9 heavy (non-hydrogen) atoms. The van der Waals surface area contributed by atoms with Crippen LogP contribution in [0.4, 0.5) is 5.69 Å². The fourth-order valence-corrected chi connectivity index (χ4v) is 0.645. The van der Waals surface area contributed by atoms with Crippen LogP contribution < -0.4 is 18.9 Å². The fraction of sp³-hybridized carbons (Fsp3) is 0.143. The van der Waals surface area contributed by atoms with Gasteiger partial charge in [-0.05, 0) is 6.92 Å². The van der Waals surface area contributed by atoms with Crippen LogP contribution in [0, 0.1) is 6.92 Å². The monoisotopic (exact) mass is 113 g/mol. The molecule has 1 nitrogen and oxygen atoms in total. The molecule has 1 N–H and O–H groups in total. The molecule has 0 amide bonds. The largest absolute Gasteiger partial charge is 1.00 e. The van der Waals surface area contributed by atoms with Gasteiger partial charge >= 0.3 is 18.9 Å². The molecule has 0 bridgehead atoms. The topological polar surface area (TPSA) is 23.8 Å². The number of hydrogen-bond acceptors (Lipinski definition) is 0. The zero-order valence-electron chi connectivity index (χ0n) is 5.81. The van der Waals surface area contributed by atoms with Crippen molar-refractivity contribution in [1.29, 1.82) is 0 Å². The van der Waals surface area contributed by atoms with E-state index in [9.17, 15) is 0 Å². The summed E-state index contributed by atoms with van der Waals surface area (Å²) in [7, 11) is 0. The molecule has 0 aliphatic heterocycles. The fourth-order valence-electron chi connectivity index (χ4n) is 0.645. The van der Waals surface area contributed by atoms with Crippen molar-refractivity contribution in [3.8, 4) is 0 Å². The minimum atomic E-state index is 0. The third kappa shape index (κ3) is 2.60. The maximum absolute atomic E-state index is 7.14. The molecule has 0 atom stereocenters. The van der Waals surface area contributed by atoms with Gasteiger partial charge in [0.1, 0.15) is 0 Å². The van der Waals surface area contributed by atoms with Gasteiger partial charge in [-0.25, -0.2) is 0 Å². The molecule has 0 heterocycles. The van der Waals surface area contributed by atoms with Gasteiger partial charge in [-0.3, -0.25) is 0 Å². The van der Waals surface area contributed by atoms with Crippen LogP contribution in [0.5, 0.6) is 0 Å². The summed E-state index contributed by atoms with van der Waals surface area (Å²) in [6, 6.07) is 7.47. The van der Waals surface area contributed by atoms with Crippen molar-refractivity contribution in [1.82, 2.24) is 0 Å². The predicted molar refractivity (Wildman–Crippen MR) is 35.2 cm³/mol. The van der Waals surface area contributed by atoms with E-state index in [2.05, 4.69) is 0 Å². The molecule has 0 unspecified atom stereocenters. The van der Waals surface area contributed by atoms with Crippen LogP contribution in [0.3, 0.4) is 0 Å². The third-order valence-electron chi connectivity index (χ3n) is 1.02. The SMILES string of the molecule is Cc1cccc([NH-])c1.[Li+]. The first-order valence-electron chi connectivity index (χ1n) is 2.57. The van der Waals surface area contributed by atoms with Crippen LogP contribution in [0.2, 0.25) is 0 Å². The summed E-state index contributed by atoms with van der Waals surface area (Å²) >= 11 is 0. The number of hydrogen-bond donors (Lipinski definition) is 0. The van der Waals surface area contributed by atoms with Crippen molar-refractivity contribution in [3.05, 3.63) is 35.6 Å². The van der Waals surface area contributed by atoms with Gasteiger partial charge in [-0.2, -0.15) is 0 Å². The average molecular weight is 113 g/mol. The standard InChI is InChI=1S/C7H8N.Li/c1-6-3-2-4-7(8)5-6;/h2-5,8H,1H3;/q-1;+1. The van der Waals surface area contributed by atoms with E-state index in [1.54, 1.807) is 6.07 Å². The number of benzene rings is 1. The summed E-state index contributed by atoms with van der Waals surface area (Å²) in [5.74, 6) is 0. The molecule has 0 spiro atoms. The smallest absolute Gasteiger partial charge is 0.699 e. The molecule has 1 rings (SSSR count). The van der Waals surface area contributed by atoms with Crippen molar-refractivity contribution in [2.24, 2.45) is 0 Å². The number of nitrogens with one attached hydrogen (secondary N) is 1. The van der Waals surface area contributed by atoms with Crippen molar-refractivity contribution in [2.45, 2.75) is 6.92 Å². The zero-order valence-corrected chi connectivity index (χ0v) is 5.81. The summed E-state index contributed by atoms with van der Waals surface area (Å²) in [5.41, 5.74) is 8.87. The van der Waals surface area contributed by atoms with E-state index in [0.717, 1.165) is 5.56 Å². The quantitative estimate of drug-likeness (QED) is 0.412. The number of rotatable bonds is 0. The van der Waals surface area contributed by atoms with E-state index in [0.29, 0.717) is 5.69 Å². The Hall–Kier alpha value is -0.383. The summed E-state index contributed by atoms with van der Waals surface area (Å²) in [5, 5.41) is 0. The Bertz CT molecular complexity index is 169. The van der Waals surface area contributed by atoms with Gasteiger partial charge in [-0.15, -0.1) is 5.69 Å². The summed E-state index contributed by atoms with van der Waals surface area (Å²) in [6.45, 7) is 1.98. The molecular formula is C7H8LiN. The van der Waals surface area contributed by atoms with Gasteiger partial charge in [-0.1, -0.05) is 29.8 Å². The van der Waals surface area contributed by atoms with Crippen molar-refractivity contribution >= 4 is 5.69 Å². The van der Waals surface area contributed by atoms with Crippen LogP contribution in [0.15, 0.2) is 24.3 Å². The van der Waals surface area contributed by atoms with E-state index in [1.165, 1.54) is 0 Å². The van der Waals surface area contributed by atoms with E-state index in [1.807, 2.05) is 25.1 Å². The molecule has 2 heteroatoms. The molecule has 1 aromatic rings. The normalized spacial score (nSPS) is 8.11. The van der Waals surface area contributed by atoms with Crippen molar-refractivity contribution in [3.63, 3.8) is 0 Å². The first kappa shape index (κ1) is 8.62. The van der Waals surface area contributed by atoms with Crippen LogP contribution in [-0.4, -0.2) is 0 Å². The Morgan fingerprint density at radius 2 is 2.00 bits per heavy atom. The Balaban J connectivity index is 0.000000640. The second kappa shape index (κ2) is 3.61. The van der Waals surface area contributed by atoms with Gasteiger partial charge in [0.05, 0.1) is 0 Å². The Morgan fingerprint density at radius 3 is 2.33 bits per heavy atom. The molecule has 0 saturated heterocycles. The molecule has 1 aromatic carbocycles. The summed E-state index contributed by atoms with van der Waals surface area (Å²) in [6.07, 6.45) is 0. The van der Waals surface area contributed by atoms with Crippen molar-refractivity contribution < 1.29 is 18.9 Å². The molecule has 0 saturated carbocycles. The van der Waals surface area contributed by atoms with Crippen LogP contribution in [0.1, 0.15) is 5.56 Å². The van der Waals surface area contributed by atoms with Crippen LogP contribution in [0.25, 0.3) is 5.73 Å². The van der Waals surface area contributed by atoms with Crippen LogP contribution >= 0.6 is 0 Å². The predicted octanol–water partition coefficient (Wildman–Crippen LogP) is -0.317. The first-order chi connectivity index (χ1) is 3.79. The molecule has 0 aromatic heterocycles. The Labute approximate surface area is 67.4 Å². The second-order valence-electron chi connectivity index (χ2n) is 1.87. The Kier molecular flexibility index (Phi) is 3.45. The molecule has 0 fully saturated rings. The van der Waals surface area contributed by atoms with E-state index >= 15 is 0 Å². The first-order valence-corrected chi connectivity index (χ1v) is 2.57. The molecular weight excluding hydrogens is 105 g/mol. The summed E-state index contributed by atoms with van der Waals surface area (Å²) in [4.78, 5) is 0. The zero-order chi connectivity index (χ0) is 5.98. The van der Waals surface area contributed by atoms with Crippen molar-refractivity contribution in [2.75, 3.05) is 0 Å². The maximum Gasteiger partial charge on any atom is 1.00 e. The van der Waals surface area contributed by atoms with E-state index in [4.69, 9.17) is 5.73 Å². The van der Waals surface area contributed by atoms with Crippen LogP contribution in [-0.2, 0) is 0 Å². The van der Waals surface area contributed by atoms with E-state index < -0.39 is 0 Å². The molecule has 0 radical (unpaired) electrons. The Morgan fingerprint density at radius 1 is 1.33 bits per heavy atom. The third-order valence-corrected chi connectivity index (χ3v) is 1.02. The van der Waals surface area contributed by atoms with E-state index in [-0.39, 0.29) is 18.9 Å². The average Bonchev–Trinajstić information content (AvgIpc) is 1.64. The van der Waals surface area contributed by atoms with Gasteiger partial charge in [0.2, 0.25) is 0 Å². The minimum absolute atomic E-state index is 0. The summed E-state index contributed by atoms with van der Waals surface area (Å²) < 4.78 is 0. The number of aryl methyl sites for hydroxylation is 1. The van der Waals surface area contributed by atoms with Gasteiger partial charge in [0, 0.05) is 0 Å². The van der Waals surface area contributed by atoms with Gasteiger partial charge < -0.3 is 5.73 Å². The van der Waals surface area contributed by atoms with Gasteiger partial charge in [0.25, 0.3) is 0 Å². The maximum atomic E-state index is 7.14. The molecule has 42 valence electrons.